The van der Waals surface area contributed by atoms with Gasteiger partial charge in [0.25, 0.3) is 0 Å². The van der Waals surface area contributed by atoms with Crippen molar-refractivity contribution < 1.29 is 5.21 Å². The van der Waals surface area contributed by atoms with Gasteiger partial charge >= 0.3 is 0 Å². The van der Waals surface area contributed by atoms with E-state index in [0.717, 1.165) is 30.4 Å². The SMILES string of the molecule is NC(=NO)c1cccc(N2CCSCC2)n1. The van der Waals surface area contributed by atoms with E-state index in [1.54, 1.807) is 6.07 Å². The normalized spacial score (nSPS) is 17.5. The summed E-state index contributed by atoms with van der Waals surface area (Å²) in [4.78, 5) is 6.58. The molecule has 0 aliphatic carbocycles. The topological polar surface area (TPSA) is 74.7 Å². The lowest BCUT2D eigenvalue weighted by atomic mass is 10.3. The lowest BCUT2D eigenvalue weighted by molar-refractivity contribution is 0.318. The number of hydrogen-bond donors (Lipinski definition) is 2. The van der Waals surface area contributed by atoms with Crippen molar-refractivity contribution >= 4 is 23.4 Å². The van der Waals surface area contributed by atoms with Crippen molar-refractivity contribution in [2.24, 2.45) is 10.9 Å². The maximum absolute atomic E-state index is 8.60. The fourth-order valence-electron chi connectivity index (χ4n) is 1.59. The summed E-state index contributed by atoms with van der Waals surface area (Å²) >= 11 is 1.95. The third-order valence-electron chi connectivity index (χ3n) is 2.44. The molecule has 86 valence electrons. The summed E-state index contributed by atoms with van der Waals surface area (Å²) in [5.41, 5.74) is 6.02. The summed E-state index contributed by atoms with van der Waals surface area (Å²) in [6.07, 6.45) is 0. The van der Waals surface area contributed by atoms with Gasteiger partial charge in [0.05, 0.1) is 0 Å². The van der Waals surface area contributed by atoms with Crippen LogP contribution in [0.5, 0.6) is 0 Å². The van der Waals surface area contributed by atoms with Gasteiger partial charge in [-0.05, 0) is 12.1 Å². The number of rotatable bonds is 2. The van der Waals surface area contributed by atoms with Crippen molar-refractivity contribution in [1.82, 2.24) is 4.98 Å². The zero-order chi connectivity index (χ0) is 11.4. The van der Waals surface area contributed by atoms with Gasteiger partial charge in [-0.25, -0.2) is 4.98 Å². The number of amidine groups is 1. The molecule has 0 saturated carbocycles. The van der Waals surface area contributed by atoms with Crippen LogP contribution in [0, 0.1) is 0 Å². The third-order valence-corrected chi connectivity index (χ3v) is 3.38. The summed E-state index contributed by atoms with van der Waals surface area (Å²) in [5.74, 6) is 3.18. The second-order valence-electron chi connectivity index (χ2n) is 3.47. The van der Waals surface area contributed by atoms with E-state index < -0.39 is 0 Å². The van der Waals surface area contributed by atoms with Gasteiger partial charge in [-0.3, -0.25) is 0 Å². The van der Waals surface area contributed by atoms with Crippen LogP contribution >= 0.6 is 11.8 Å². The number of anilines is 1. The van der Waals surface area contributed by atoms with Crippen molar-refractivity contribution in [3.63, 3.8) is 0 Å². The first-order valence-electron chi connectivity index (χ1n) is 5.09. The first-order chi connectivity index (χ1) is 7.81. The van der Waals surface area contributed by atoms with Crippen LogP contribution < -0.4 is 10.6 Å². The maximum Gasteiger partial charge on any atom is 0.188 e. The standard InChI is InChI=1S/C10H14N4OS/c11-10(13-15)8-2-1-3-9(12-8)14-4-6-16-7-5-14/h1-3,15H,4-7H2,(H2,11,13). The molecule has 0 aromatic carbocycles. The molecule has 0 atom stereocenters. The van der Waals surface area contributed by atoms with Gasteiger partial charge < -0.3 is 15.8 Å². The third kappa shape index (κ3) is 2.38. The molecule has 5 nitrogen and oxygen atoms in total. The molecule has 1 fully saturated rings. The molecule has 0 unspecified atom stereocenters. The van der Waals surface area contributed by atoms with Crippen LogP contribution in [0.2, 0.25) is 0 Å². The van der Waals surface area contributed by atoms with Gasteiger partial charge in [0.2, 0.25) is 0 Å². The van der Waals surface area contributed by atoms with E-state index in [1.807, 2.05) is 23.9 Å². The van der Waals surface area contributed by atoms with Crippen molar-refractivity contribution in [2.75, 3.05) is 29.5 Å². The molecule has 1 aromatic heterocycles. The molecule has 1 saturated heterocycles. The van der Waals surface area contributed by atoms with Gasteiger partial charge in [-0.2, -0.15) is 11.8 Å². The number of hydrogen-bond acceptors (Lipinski definition) is 5. The summed E-state index contributed by atoms with van der Waals surface area (Å²) in [7, 11) is 0. The Hall–Kier alpha value is -1.43. The first-order valence-corrected chi connectivity index (χ1v) is 6.24. The van der Waals surface area contributed by atoms with Crippen LogP contribution in [0.25, 0.3) is 0 Å². The maximum atomic E-state index is 8.60. The van der Waals surface area contributed by atoms with E-state index in [4.69, 9.17) is 10.9 Å². The summed E-state index contributed by atoms with van der Waals surface area (Å²) in [6, 6.07) is 5.55. The molecule has 1 aromatic rings. The fourth-order valence-corrected chi connectivity index (χ4v) is 2.49. The van der Waals surface area contributed by atoms with E-state index in [1.165, 1.54) is 0 Å². The van der Waals surface area contributed by atoms with Gasteiger partial charge in [0.1, 0.15) is 11.5 Å². The predicted octanol–water partition coefficient (Wildman–Crippen LogP) is 0.729. The first kappa shape index (κ1) is 11.1. The van der Waals surface area contributed by atoms with Crippen LogP contribution in [0.4, 0.5) is 5.82 Å². The Morgan fingerprint density at radius 3 is 2.88 bits per heavy atom. The lowest BCUT2D eigenvalue weighted by Crippen LogP contribution is -2.33. The summed E-state index contributed by atoms with van der Waals surface area (Å²) < 4.78 is 0. The minimum Gasteiger partial charge on any atom is -0.409 e. The number of aromatic nitrogens is 1. The molecule has 6 heteroatoms. The van der Waals surface area contributed by atoms with Gasteiger partial charge in [0, 0.05) is 24.6 Å². The molecular formula is C10H14N4OS. The second kappa shape index (κ2) is 5.07. The van der Waals surface area contributed by atoms with Crippen LogP contribution in [0.3, 0.4) is 0 Å². The molecule has 16 heavy (non-hydrogen) atoms. The van der Waals surface area contributed by atoms with Crippen molar-refractivity contribution in [3.8, 4) is 0 Å². The monoisotopic (exact) mass is 238 g/mol. The second-order valence-corrected chi connectivity index (χ2v) is 4.69. The molecular weight excluding hydrogens is 224 g/mol. The highest BCUT2D eigenvalue weighted by Crippen LogP contribution is 2.17. The van der Waals surface area contributed by atoms with Crippen molar-refractivity contribution in [1.29, 1.82) is 0 Å². The van der Waals surface area contributed by atoms with Crippen LogP contribution in [-0.2, 0) is 0 Å². The number of pyridine rings is 1. The number of oxime groups is 1. The van der Waals surface area contributed by atoms with Gasteiger partial charge in [-0.1, -0.05) is 11.2 Å². The van der Waals surface area contributed by atoms with E-state index in [0.29, 0.717) is 5.69 Å². The van der Waals surface area contributed by atoms with Gasteiger partial charge in [-0.15, -0.1) is 0 Å². The fraction of sp³-hybridized carbons (Fsp3) is 0.400. The lowest BCUT2D eigenvalue weighted by Gasteiger charge is -2.27. The minimum absolute atomic E-state index is 0.0493. The quantitative estimate of drug-likeness (QED) is 0.344. The summed E-state index contributed by atoms with van der Waals surface area (Å²) in [6.45, 7) is 1.99. The zero-order valence-electron chi connectivity index (χ0n) is 8.83. The van der Waals surface area contributed by atoms with E-state index in [9.17, 15) is 0 Å². The smallest absolute Gasteiger partial charge is 0.188 e. The number of nitrogens with two attached hydrogens (primary N) is 1. The van der Waals surface area contributed by atoms with Crippen LogP contribution in [0.1, 0.15) is 5.69 Å². The molecule has 1 aliphatic rings. The predicted molar refractivity (Wildman–Crippen MR) is 66.3 cm³/mol. The Balaban J connectivity index is 2.21. The van der Waals surface area contributed by atoms with Crippen molar-refractivity contribution in [2.45, 2.75) is 0 Å². The van der Waals surface area contributed by atoms with E-state index >= 15 is 0 Å². The minimum atomic E-state index is 0.0493. The molecule has 2 rings (SSSR count). The Labute approximate surface area is 98.3 Å². The Kier molecular flexibility index (Phi) is 3.51. The molecule has 2 heterocycles. The largest absolute Gasteiger partial charge is 0.409 e. The molecule has 1 aliphatic heterocycles. The molecule has 0 radical (unpaired) electrons. The molecule has 3 N–H and O–H groups in total. The zero-order valence-corrected chi connectivity index (χ0v) is 9.65. The molecule has 0 amide bonds. The number of nitrogens with zero attached hydrogens (tertiary/aromatic N) is 3. The molecule has 0 bridgehead atoms. The van der Waals surface area contributed by atoms with Crippen molar-refractivity contribution in [3.05, 3.63) is 23.9 Å². The van der Waals surface area contributed by atoms with Crippen LogP contribution in [-0.4, -0.2) is 40.6 Å². The summed E-state index contributed by atoms with van der Waals surface area (Å²) in [5, 5.41) is 11.5. The van der Waals surface area contributed by atoms with Gasteiger partial charge in [0.15, 0.2) is 5.84 Å². The van der Waals surface area contributed by atoms with E-state index in [2.05, 4.69) is 15.0 Å². The Bertz CT molecular complexity index is 390. The average Bonchev–Trinajstić information content (AvgIpc) is 2.39. The highest BCUT2D eigenvalue weighted by atomic mass is 32.2. The van der Waals surface area contributed by atoms with E-state index in [-0.39, 0.29) is 5.84 Å². The average molecular weight is 238 g/mol. The molecule has 0 spiro atoms. The highest BCUT2D eigenvalue weighted by molar-refractivity contribution is 7.99. The van der Waals surface area contributed by atoms with Crippen LogP contribution in [0.15, 0.2) is 23.4 Å². The Morgan fingerprint density at radius 1 is 1.44 bits per heavy atom. The Morgan fingerprint density at radius 2 is 2.19 bits per heavy atom. The highest BCUT2D eigenvalue weighted by Gasteiger charge is 2.13. The number of thioether (sulfide) groups is 1.